The average Bonchev–Trinajstić information content (AvgIpc) is 2.52. The number of allylic oxidation sites excluding steroid dienone is 5. The van der Waals surface area contributed by atoms with Gasteiger partial charge in [-0.2, -0.15) is 0 Å². The first-order valence-corrected chi connectivity index (χ1v) is 7.69. The Labute approximate surface area is 134 Å². The Morgan fingerprint density at radius 2 is 1.45 bits per heavy atom. The predicted molar refractivity (Wildman–Crippen MR) is 98.9 cm³/mol. The predicted octanol–water partition coefficient (Wildman–Crippen LogP) is 6.28. The van der Waals surface area contributed by atoms with E-state index in [4.69, 9.17) is 0 Å². The van der Waals surface area contributed by atoms with Gasteiger partial charge in [0.1, 0.15) is 0 Å². The van der Waals surface area contributed by atoms with E-state index in [9.17, 15) is 0 Å². The van der Waals surface area contributed by atoms with Gasteiger partial charge < -0.3 is 0 Å². The minimum atomic E-state index is 1.04. The molecule has 0 radical (unpaired) electrons. The molecule has 0 spiro atoms. The quantitative estimate of drug-likeness (QED) is 0.580. The van der Waals surface area contributed by atoms with E-state index in [0.717, 1.165) is 5.57 Å². The van der Waals surface area contributed by atoms with E-state index >= 15 is 0 Å². The van der Waals surface area contributed by atoms with Crippen LogP contribution in [0.5, 0.6) is 0 Å². The number of rotatable bonds is 4. The highest BCUT2D eigenvalue weighted by Gasteiger charge is 2.00. The maximum atomic E-state index is 4.20. The molecule has 0 heteroatoms. The average molecular weight is 288 g/mol. The Balaban J connectivity index is 2.20. The molecule has 0 N–H and O–H groups in total. The largest absolute Gasteiger partial charge is 0.0912 e. The van der Waals surface area contributed by atoms with Gasteiger partial charge >= 0.3 is 0 Å². The summed E-state index contributed by atoms with van der Waals surface area (Å²) in [5, 5.41) is 0. The normalized spacial score (nSPS) is 11.9. The second-order valence-electron chi connectivity index (χ2n) is 5.77. The van der Waals surface area contributed by atoms with Gasteiger partial charge in [0, 0.05) is 0 Å². The molecule has 0 saturated carbocycles. The van der Waals surface area contributed by atoms with E-state index in [0.29, 0.717) is 0 Å². The topological polar surface area (TPSA) is 0 Å². The molecule has 112 valence electrons. The molecule has 0 nitrogen and oxygen atoms in total. The Bertz CT molecular complexity index is 725. The molecule has 0 aliphatic heterocycles. The van der Waals surface area contributed by atoms with Crippen LogP contribution < -0.4 is 0 Å². The fourth-order valence-electron chi connectivity index (χ4n) is 2.33. The van der Waals surface area contributed by atoms with Crippen molar-refractivity contribution in [2.45, 2.75) is 27.7 Å². The number of hydrogen-bond acceptors (Lipinski definition) is 0. The summed E-state index contributed by atoms with van der Waals surface area (Å²) in [6.07, 6.45) is 6.37. The maximum absolute atomic E-state index is 4.20. The third-order valence-electron chi connectivity index (χ3n) is 4.04. The molecule has 2 aromatic rings. The van der Waals surface area contributed by atoms with Crippen LogP contribution in [0.3, 0.4) is 0 Å². The van der Waals surface area contributed by atoms with Crippen molar-refractivity contribution in [3.05, 3.63) is 95.1 Å². The van der Waals surface area contributed by atoms with Gasteiger partial charge in [-0.05, 0) is 61.1 Å². The Hall–Kier alpha value is -2.34. The zero-order valence-electron chi connectivity index (χ0n) is 14.0. The first-order chi connectivity index (χ1) is 10.5. The van der Waals surface area contributed by atoms with Gasteiger partial charge in [-0.25, -0.2) is 0 Å². The van der Waals surface area contributed by atoms with Crippen molar-refractivity contribution in [2.75, 3.05) is 0 Å². The highest BCUT2D eigenvalue weighted by molar-refractivity contribution is 5.80. The molecule has 0 amide bonds. The fourth-order valence-corrected chi connectivity index (χ4v) is 2.33. The van der Waals surface area contributed by atoms with E-state index in [1.807, 2.05) is 0 Å². The second-order valence-corrected chi connectivity index (χ2v) is 5.77. The lowest BCUT2D eigenvalue weighted by molar-refractivity contribution is 1.33. The molecule has 0 aliphatic carbocycles. The highest BCUT2D eigenvalue weighted by atomic mass is 14.1. The lowest BCUT2D eigenvalue weighted by Gasteiger charge is -2.06. The number of benzene rings is 2. The zero-order valence-corrected chi connectivity index (χ0v) is 14.0. The van der Waals surface area contributed by atoms with Crippen LogP contribution in [0, 0.1) is 20.8 Å². The van der Waals surface area contributed by atoms with Crippen molar-refractivity contribution >= 4 is 11.1 Å². The minimum absolute atomic E-state index is 1.04. The first kappa shape index (κ1) is 16.0. The SMILES string of the molecule is C=C(/C=C\C(=C/C)c1ccc(C)cc1)c1ccc(C)c(C)c1. The van der Waals surface area contributed by atoms with Crippen LogP contribution in [0.15, 0.2) is 67.3 Å². The number of hydrogen-bond donors (Lipinski definition) is 0. The molecule has 0 saturated heterocycles. The van der Waals surface area contributed by atoms with Crippen LogP contribution in [-0.2, 0) is 0 Å². The van der Waals surface area contributed by atoms with Gasteiger partial charge in [-0.1, -0.05) is 72.8 Å². The summed E-state index contributed by atoms with van der Waals surface area (Å²) in [7, 11) is 0. The maximum Gasteiger partial charge on any atom is -0.0187 e. The van der Waals surface area contributed by atoms with E-state index in [1.165, 1.54) is 33.4 Å². The molecule has 0 unspecified atom stereocenters. The molecular formula is C22H24. The molecule has 0 heterocycles. The molecule has 0 aromatic heterocycles. The Kier molecular flexibility index (Phi) is 5.16. The van der Waals surface area contributed by atoms with Crippen molar-refractivity contribution in [3.63, 3.8) is 0 Å². The monoisotopic (exact) mass is 288 g/mol. The summed E-state index contributed by atoms with van der Waals surface area (Å²) in [4.78, 5) is 0. The van der Waals surface area contributed by atoms with Crippen molar-refractivity contribution in [3.8, 4) is 0 Å². The second kappa shape index (κ2) is 7.09. The summed E-state index contributed by atoms with van der Waals surface area (Å²) >= 11 is 0. The molecule has 2 aromatic carbocycles. The van der Waals surface area contributed by atoms with Gasteiger partial charge in [0.05, 0.1) is 0 Å². The molecular weight excluding hydrogens is 264 g/mol. The minimum Gasteiger partial charge on any atom is -0.0912 e. The van der Waals surface area contributed by atoms with Crippen molar-refractivity contribution in [1.29, 1.82) is 0 Å². The highest BCUT2D eigenvalue weighted by Crippen LogP contribution is 2.21. The summed E-state index contributed by atoms with van der Waals surface area (Å²) in [5.74, 6) is 0. The van der Waals surface area contributed by atoms with Gasteiger partial charge in [-0.15, -0.1) is 0 Å². The van der Waals surface area contributed by atoms with Gasteiger partial charge in [0.25, 0.3) is 0 Å². The van der Waals surface area contributed by atoms with Gasteiger partial charge in [-0.3, -0.25) is 0 Å². The standard InChI is InChI=1S/C22H24/c1-6-20(21-11-7-16(2)8-12-21)13-10-18(4)22-14-9-17(3)19(5)15-22/h6-15H,4H2,1-3,5H3/b13-10-,20-6+. The van der Waals surface area contributed by atoms with Crippen molar-refractivity contribution in [2.24, 2.45) is 0 Å². The molecule has 0 aliphatic rings. The van der Waals surface area contributed by atoms with E-state index in [1.54, 1.807) is 0 Å². The molecule has 2 rings (SSSR count). The third-order valence-corrected chi connectivity index (χ3v) is 4.04. The van der Waals surface area contributed by atoms with Gasteiger partial charge in [0.2, 0.25) is 0 Å². The lowest BCUT2D eigenvalue weighted by atomic mass is 9.99. The molecule has 0 atom stereocenters. The van der Waals surface area contributed by atoms with Crippen LogP contribution in [0.2, 0.25) is 0 Å². The van der Waals surface area contributed by atoms with Gasteiger partial charge in [0.15, 0.2) is 0 Å². The Morgan fingerprint density at radius 3 is 2.05 bits per heavy atom. The third kappa shape index (κ3) is 3.85. The summed E-state index contributed by atoms with van der Waals surface area (Å²) in [6, 6.07) is 15.1. The van der Waals surface area contributed by atoms with Crippen LogP contribution in [0.25, 0.3) is 11.1 Å². The number of aryl methyl sites for hydroxylation is 3. The smallest absolute Gasteiger partial charge is 0.0187 e. The van der Waals surface area contributed by atoms with E-state index in [-0.39, 0.29) is 0 Å². The van der Waals surface area contributed by atoms with Crippen molar-refractivity contribution in [1.82, 2.24) is 0 Å². The fraction of sp³-hybridized carbons (Fsp3) is 0.182. The van der Waals surface area contributed by atoms with Crippen LogP contribution in [-0.4, -0.2) is 0 Å². The van der Waals surface area contributed by atoms with Crippen LogP contribution >= 0.6 is 0 Å². The zero-order chi connectivity index (χ0) is 16.1. The summed E-state index contributed by atoms with van der Waals surface area (Å²) < 4.78 is 0. The van der Waals surface area contributed by atoms with E-state index in [2.05, 4.69) is 95.0 Å². The van der Waals surface area contributed by atoms with Crippen molar-refractivity contribution < 1.29 is 0 Å². The van der Waals surface area contributed by atoms with Crippen LogP contribution in [0.1, 0.15) is 34.7 Å². The summed E-state index contributed by atoms with van der Waals surface area (Å²) in [5.41, 5.74) is 8.56. The lowest BCUT2D eigenvalue weighted by Crippen LogP contribution is -1.86. The molecule has 0 fully saturated rings. The first-order valence-electron chi connectivity index (χ1n) is 7.69. The van der Waals surface area contributed by atoms with Crippen LogP contribution in [0.4, 0.5) is 0 Å². The van der Waals surface area contributed by atoms with E-state index < -0.39 is 0 Å². The molecule has 22 heavy (non-hydrogen) atoms. The molecule has 0 bridgehead atoms. The Morgan fingerprint density at radius 1 is 0.818 bits per heavy atom. The summed E-state index contributed by atoms with van der Waals surface area (Å²) in [6.45, 7) is 12.6.